The molecule has 0 spiro atoms. The van der Waals surface area contributed by atoms with Gasteiger partial charge in [0, 0.05) is 21.5 Å². The molecule has 19 heavy (non-hydrogen) atoms. The Hall–Kier alpha value is -0.900. The number of hydrogen-bond donors (Lipinski definition) is 1. The van der Waals surface area contributed by atoms with Crippen molar-refractivity contribution >= 4 is 22.9 Å². The summed E-state index contributed by atoms with van der Waals surface area (Å²) in [4.78, 5) is 1.37. The van der Waals surface area contributed by atoms with Crippen LogP contribution >= 0.6 is 22.9 Å². The van der Waals surface area contributed by atoms with Crippen molar-refractivity contribution in [2.75, 3.05) is 0 Å². The molecule has 0 aliphatic rings. The average molecular weight is 298 g/mol. The van der Waals surface area contributed by atoms with E-state index in [1.54, 1.807) is 23.5 Å². The third-order valence-corrected chi connectivity index (χ3v) is 4.40. The fraction of sp³-hybridized carbons (Fsp3) is 0.333. The van der Waals surface area contributed by atoms with Crippen LogP contribution in [0.15, 0.2) is 35.7 Å². The molecular formula is C15H17ClFNS. The molecule has 2 rings (SSSR count). The van der Waals surface area contributed by atoms with Gasteiger partial charge in [0.25, 0.3) is 0 Å². The van der Waals surface area contributed by atoms with E-state index in [-0.39, 0.29) is 11.9 Å². The highest BCUT2D eigenvalue weighted by molar-refractivity contribution is 7.09. The molecular weight excluding hydrogens is 281 g/mol. The third-order valence-electron chi connectivity index (χ3n) is 3.11. The van der Waals surface area contributed by atoms with Crippen molar-refractivity contribution in [3.8, 4) is 0 Å². The fourth-order valence-electron chi connectivity index (χ4n) is 2.08. The van der Waals surface area contributed by atoms with Crippen LogP contribution in [-0.2, 0) is 12.8 Å². The minimum absolute atomic E-state index is 0.0469. The first kappa shape index (κ1) is 14.5. The Labute approximate surface area is 122 Å². The zero-order valence-electron chi connectivity index (χ0n) is 10.6. The van der Waals surface area contributed by atoms with Crippen LogP contribution in [0.5, 0.6) is 0 Å². The summed E-state index contributed by atoms with van der Waals surface area (Å²) in [5.74, 6) is -0.263. The molecule has 2 N–H and O–H groups in total. The van der Waals surface area contributed by atoms with Crippen molar-refractivity contribution < 1.29 is 4.39 Å². The summed E-state index contributed by atoms with van der Waals surface area (Å²) in [5.41, 5.74) is 6.60. The summed E-state index contributed by atoms with van der Waals surface area (Å²) in [5, 5.41) is 2.54. The standard InChI is InChI=1S/C15H17ClFNS/c16-14-7-2-8-15(17)13(14)10-11(18)4-1-5-12-6-3-9-19-12/h2-3,6-9,11H,1,4-5,10,18H2. The van der Waals surface area contributed by atoms with Gasteiger partial charge in [-0.25, -0.2) is 4.39 Å². The van der Waals surface area contributed by atoms with E-state index in [2.05, 4.69) is 17.5 Å². The van der Waals surface area contributed by atoms with Crippen LogP contribution in [0, 0.1) is 5.82 Å². The Kier molecular flexibility index (Phi) is 5.37. The van der Waals surface area contributed by atoms with Crippen LogP contribution in [0.4, 0.5) is 4.39 Å². The van der Waals surface area contributed by atoms with E-state index >= 15 is 0 Å². The normalized spacial score (nSPS) is 12.6. The van der Waals surface area contributed by atoms with E-state index in [1.807, 2.05) is 0 Å². The molecule has 0 amide bonds. The largest absolute Gasteiger partial charge is 0.327 e. The number of thiophene rings is 1. The van der Waals surface area contributed by atoms with E-state index in [0.717, 1.165) is 19.3 Å². The van der Waals surface area contributed by atoms with Gasteiger partial charge in [-0.1, -0.05) is 23.7 Å². The Bertz CT molecular complexity index is 493. The SMILES string of the molecule is NC(CCCc1cccs1)Cc1c(F)cccc1Cl. The second-order valence-electron chi connectivity index (χ2n) is 4.64. The zero-order chi connectivity index (χ0) is 13.7. The maximum Gasteiger partial charge on any atom is 0.127 e. The molecule has 4 heteroatoms. The predicted octanol–water partition coefficient (Wildman–Crippen LogP) is 4.43. The molecule has 1 nitrogen and oxygen atoms in total. The lowest BCUT2D eigenvalue weighted by atomic mass is 10.0. The molecule has 0 radical (unpaired) electrons. The lowest BCUT2D eigenvalue weighted by Crippen LogP contribution is -2.23. The van der Waals surface area contributed by atoms with E-state index < -0.39 is 0 Å². The summed E-state index contributed by atoms with van der Waals surface area (Å²) in [7, 11) is 0. The Balaban J connectivity index is 1.82. The van der Waals surface area contributed by atoms with Crippen molar-refractivity contribution in [2.24, 2.45) is 5.73 Å². The first-order valence-electron chi connectivity index (χ1n) is 6.37. The van der Waals surface area contributed by atoms with Gasteiger partial charge in [0.1, 0.15) is 5.82 Å². The van der Waals surface area contributed by atoms with Gasteiger partial charge in [0.05, 0.1) is 0 Å². The van der Waals surface area contributed by atoms with Crippen molar-refractivity contribution in [1.82, 2.24) is 0 Å². The molecule has 0 aliphatic heterocycles. The van der Waals surface area contributed by atoms with Crippen LogP contribution in [0.2, 0.25) is 5.02 Å². The Morgan fingerprint density at radius 3 is 2.79 bits per heavy atom. The highest BCUT2D eigenvalue weighted by Crippen LogP contribution is 2.21. The summed E-state index contributed by atoms with van der Waals surface area (Å²) in [6, 6.07) is 8.89. The summed E-state index contributed by atoms with van der Waals surface area (Å²) >= 11 is 7.76. The zero-order valence-corrected chi connectivity index (χ0v) is 12.2. The van der Waals surface area contributed by atoms with Gasteiger partial charge in [0.2, 0.25) is 0 Å². The van der Waals surface area contributed by atoms with Crippen LogP contribution in [0.25, 0.3) is 0 Å². The third kappa shape index (κ3) is 4.30. The van der Waals surface area contributed by atoms with Crippen molar-refractivity contribution in [1.29, 1.82) is 0 Å². The Morgan fingerprint density at radius 1 is 1.26 bits per heavy atom. The molecule has 1 heterocycles. The average Bonchev–Trinajstić information content (AvgIpc) is 2.87. The van der Waals surface area contributed by atoms with Crippen LogP contribution in [-0.4, -0.2) is 6.04 Å². The lowest BCUT2D eigenvalue weighted by Gasteiger charge is -2.13. The molecule has 0 saturated carbocycles. The summed E-state index contributed by atoms with van der Waals surface area (Å²) in [6.45, 7) is 0. The first-order valence-corrected chi connectivity index (χ1v) is 7.63. The molecule has 0 saturated heterocycles. The molecule has 1 atom stereocenters. The van der Waals surface area contributed by atoms with Gasteiger partial charge in [-0.15, -0.1) is 11.3 Å². The van der Waals surface area contributed by atoms with Crippen molar-refractivity contribution in [3.63, 3.8) is 0 Å². The monoisotopic (exact) mass is 297 g/mol. The minimum Gasteiger partial charge on any atom is -0.327 e. The van der Waals surface area contributed by atoms with Crippen LogP contribution in [0.3, 0.4) is 0 Å². The molecule has 102 valence electrons. The second-order valence-corrected chi connectivity index (χ2v) is 6.08. The molecule has 0 aliphatic carbocycles. The maximum absolute atomic E-state index is 13.6. The molecule has 1 aromatic carbocycles. The van der Waals surface area contributed by atoms with E-state index in [4.69, 9.17) is 17.3 Å². The van der Waals surface area contributed by atoms with Gasteiger partial charge in [-0.3, -0.25) is 0 Å². The number of rotatable bonds is 6. The van der Waals surface area contributed by atoms with Crippen molar-refractivity contribution in [2.45, 2.75) is 31.7 Å². The van der Waals surface area contributed by atoms with Gasteiger partial charge in [-0.05, 0) is 49.3 Å². The van der Waals surface area contributed by atoms with E-state index in [1.165, 1.54) is 10.9 Å². The molecule has 0 bridgehead atoms. The molecule has 1 unspecified atom stereocenters. The summed E-state index contributed by atoms with van der Waals surface area (Å²) < 4.78 is 13.6. The van der Waals surface area contributed by atoms with E-state index in [9.17, 15) is 4.39 Å². The predicted molar refractivity (Wildman–Crippen MR) is 80.3 cm³/mol. The first-order chi connectivity index (χ1) is 9.16. The minimum atomic E-state index is -0.263. The van der Waals surface area contributed by atoms with Crippen LogP contribution in [0.1, 0.15) is 23.3 Å². The summed E-state index contributed by atoms with van der Waals surface area (Å²) in [6.07, 6.45) is 3.43. The van der Waals surface area contributed by atoms with Gasteiger partial charge < -0.3 is 5.73 Å². The maximum atomic E-state index is 13.6. The lowest BCUT2D eigenvalue weighted by molar-refractivity contribution is 0.552. The van der Waals surface area contributed by atoms with Gasteiger partial charge in [-0.2, -0.15) is 0 Å². The van der Waals surface area contributed by atoms with Gasteiger partial charge in [0.15, 0.2) is 0 Å². The number of hydrogen-bond acceptors (Lipinski definition) is 2. The molecule has 1 aromatic heterocycles. The number of halogens is 2. The van der Waals surface area contributed by atoms with E-state index in [0.29, 0.717) is 17.0 Å². The number of aryl methyl sites for hydroxylation is 1. The highest BCUT2D eigenvalue weighted by Gasteiger charge is 2.11. The topological polar surface area (TPSA) is 26.0 Å². The smallest absolute Gasteiger partial charge is 0.127 e. The van der Waals surface area contributed by atoms with Crippen molar-refractivity contribution in [3.05, 3.63) is 57.0 Å². The molecule has 2 aromatic rings. The van der Waals surface area contributed by atoms with Crippen LogP contribution < -0.4 is 5.73 Å². The van der Waals surface area contributed by atoms with Gasteiger partial charge >= 0.3 is 0 Å². The number of benzene rings is 1. The quantitative estimate of drug-likeness (QED) is 0.838. The fourth-order valence-corrected chi connectivity index (χ4v) is 3.08. The highest BCUT2D eigenvalue weighted by atomic mass is 35.5. The second kappa shape index (κ2) is 7.04. The Morgan fingerprint density at radius 2 is 2.11 bits per heavy atom. The molecule has 0 fully saturated rings. The number of nitrogens with two attached hydrogens (primary N) is 1.